The average Bonchev–Trinajstić information content (AvgIpc) is 2.32. The third-order valence-electron chi connectivity index (χ3n) is 2.48. The number of pyridine rings is 1. The Morgan fingerprint density at radius 2 is 1.88 bits per heavy atom. The summed E-state index contributed by atoms with van der Waals surface area (Å²) in [5.74, 6) is 0. The maximum Gasteiger partial charge on any atom is 0.101 e. The number of rotatable bonds is 3. The summed E-state index contributed by atoms with van der Waals surface area (Å²) in [5.41, 5.74) is 2.15. The Kier molecular flexibility index (Phi) is 3.82. The predicted molar refractivity (Wildman–Crippen MR) is 70.2 cm³/mol. The molecule has 0 bridgehead atoms. The summed E-state index contributed by atoms with van der Waals surface area (Å²) in [6.45, 7) is 3.83. The van der Waals surface area contributed by atoms with Gasteiger partial charge in [-0.2, -0.15) is 0 Å². The third kappa shape index (κ3) is 3.32. The summed E-state index contributed by atoms with van der Waals surface area (Å²) in [6.07, 6.45) is 1.29. The van der Waals surface area contributed by atoms with E-state index in [2.05, 4.69) is 36.2 Å². The lowest BCUT2D eigenvalue weighted by molar-refractivity contribution is 0.199. The molecule has 2 rings (SSSR count). The molecular formula is C14H15NOS. The van der Waals surface area contributed by atoms with Crippen molar-refractivity contribution in [3.8, 4) is 0 Å². The van der Waals surface area contributed by atoms with Crippen LogP contribution in [0.5, 0.6) is 0 Å². The SMILES string of the molecule is Cc1ccc(Sc2cc([C@H](C)O)ccn2)cc1. The van der Waals surface area contributed by atoms with Gasteiger partial charge in [0.05, 0.1) is 6.10 Å². The van der Waals surface area contributed by atoms with Crippen molar-refractivity contribution in [3.63, 3.8) is 0 Å². The fraction of sp³-hybridized carbons (Fsp3) is 0.214. The number of aliphatic hydroxyl groups is 1. The fourth-order valence-corrected chi connectivity index (χ4v) is 2.29. The second kappa shape index (κ2) is 5.34. The molecule has 1 aromatic heterocycles. The largest absolute Gasteiger partial charge is 0.389 e. The van der Waals surface area contributed by atoms with Gasteiger partial charge in [-0.1, -0.05) is 29.5 Å². The van der Waals surface area contributed by atoms with E-state index >= 15 is 0 Å². The first kappa shape index (κ1) is 12.1. The fourth-order valence-electron chi connectivity index (χ4n) is 1.47. The number of hydrogen-bond acceptors (Lipinski definition) is 3. The van der Waals surface area contributed by atoms with Crippen LogP contribution in [-0.4, -0.2) is 10.1 Å². The lowest BCUT2D eigenvalue weighted by Gasteiger charge is -2.06. The van der Waals surface area contributed by atoms with E-state index < -0.39 is 6.10 Å². The normalized spacial score (nSPS) is 12.4. The Labute approximate surface area is 106 Å². The molecule has 0 aliphatic rings. The molecule has 88 valence electrons. The van der Waals surface area contributed by atoms with Gasteiger partial charge in [-0.3, -0.25) is 0 Å². The van der Waals surface area contributed by atoms with Gasteiger partial charge in [0, 0.05) is 11.1 Å². The van der Waals surface area contributed by atoms with E-state index in [4.69, 9.17) is 0 Å². The molecule has 2 nitrogen and oxygen atoms in total. The lowest BCUT2D eigenvalue weighted by Crippen LogP contribution is -1.92. The van der Waals surface area contributed by atoms with Gasteiger partial charge >= 0.3 is 0 Å². The van der Waals surface area contributed by atoms with Crippen molar-refractivity contribution >= 4 is 11.8 Å². The van der Waals surface area contributed by atoms with Crippen molar-refractivity contribution in [2.45, 2.75) is 29.9 Å². The molecule has 0 spiro atoms. The third-order valence-corrected chi connectivity index (χ3v) is 3.42. The van der Waals surface area contributed by atoms with Crippen LogP contribution in [0.4, 0.5) is 0 Å². The van der Waals surface area contributed by atoms with Crippen molar-refractivity contribution in [1.29, 1.82) is 0 Å². The molecule has 3 heteroatoms. The van der Waals surface area contributed by atoms with Crippen LogP contribution in [0.2, 0.25) is 0 Å². The molecule has 1 heterocycles. The molecule has 0 amide bonds. The number of aromatic nitrogens is 1. The van der Waals surface area contributed by atoms with Gasteiger partial charge in [0.1, 0.15) is 5.03 Å². The predicted octanol–water partition coefficient (Wildman–Crippen LogP) is 3.59. The summed E-state index contributed by atoms with van der Waals surface area (Å²) in [5, 5.41) is 10.4. The molecule has 0 aliphatic carbocycles. The van der Waals surface area contributed by atoms with Crippen LogP contribution < -0.4 is 0 Å². The van der Waals surface area contributed by atoms with Crippen molar-refractivity contribution in [2.24, 2.45) is 0 Å². The Hall–Kier alpha value is -1.32. The molecule has 0 saturated carbocycles. The smallest absolute Gasteiger partial charge is 0.101 e. The van der Waals surface area contributed by atoms with E-state index in [0.29, 0.717) is 0 Å². The zero-order valence-corrected chi connectivity index (χ0v) is 10.7. The molecule has 0 fully saturated rings. The van der Waals surface area contributed by atoms with Crippen LogP contribution in [0.25, 0.3) is 0 Å². The number of nitrogens with zero attached hydrogens (tertiary/aromatic N) is 1. The lowest BCUT2D eigenvalue weighted by atomic mass is 10.2. The zero-order valence-electron chi connectivity index (χ0n) is 9.92. The number of aliphatic hydroxyl groups excluding tert-OH is 1. The van der Waals surface area contributed by atoms with Crippen LogP contribution in [0, 0.1) is 6.92 Å². The average molecular weight is 245 g/mol. The van der Waals surface area contributed by atoms with Gasteiger partial charge in [0.15, 0.2) is 0 Å². The van der Waals surface area contributed by atoms with E-state index in [-0.39, 0.29) is 0 Å². The molecule has 0 unspecified atom stereocenters. The van der Waals surface area contributed by atoms with Crippen molar-refractivity contribution in [1.82, 2.24) is 4.98 Å². The molecule has 1 aromatic carbocycles. The second-order valence-electron chi connectivity index (χ2n) is 4.02. The molecule has 17 heavy (non-hydrogen) atoms. The minimum Gasteiger partial charge on any atom is -0.389 e. The van der Waals surface area contributed by atoms with E-state index in [1.807, 2.05) is 12.1 Å². The van der Waals surface area contributed by atoms with E-state index in [9.17, 15) is 5.11 Å². The summed E-state index contributed by atoms with van der Waals surface area (Å²) >= 11 is 1.61. The quantitative estimate of drug-likeness (QED) is 0.897. The Morgan fingerprint density at radius 3 is 2.53 bits per heavy atom. The highest BCUT2D eigenvalue weighted by atomic mass is 32.2. The number of aryl methyl sites for hydroxylation is 1. The Bertz CT molecular complexity index is 494. The van der Waals surface area contributed by atoms with E-state index in [0.717, 1.165) is 15.5 Å². The van der Waals surface area contributed by atoms with Crippen LogP contribution in [0.15, 0.2) is 52.5 Å². The topological polar surface area (TPSA) is 33.1 Å². The first-order chi connectivity index (χ1) is 8.15. The Morgan fingerprint density at radius 1 is 1.18 bits per heavy atom. The van der Waals surface area contributed by atoms with Gasteiger partial charge in [-0.15, -0.1) is 0 Å². The van der Waals surface area contributed by atoms with Crippen molar-refractivity contribution < 1.29 is 5.11 Å². The van der Waals surface area contributed by atoms with E-state index in [1.54, 1.807) is 24.9 Å². The highest BCUT2D eigenvalue weighted by Crippen LogP contribution is 2.27. The maximum atomic E-state index is 9.51. The van der Waals surface area contributed by atoms with Gasteiger partial charge in [0.2, 0.25) is 0 Å². The van der Waals surface area contributed by atoms with E-state index in [1.165, 1.54) is 5.56 Å². The van der Waals surface area contributed by atoms with Gasteiger partial charge < -0.3 is 5.11 Å². The van der Waals surface area contributed by atoms with Gasteiger partial charge in [-0.25, -0.2) is 4.98 Å². The molecule has 0 radical (unpaired) electrons. The van der Waals surface area contributed by atoms with Crippen LogP contribution >= 0.6 is 11.8 Å². The molecule has 0 aliphatic heterocycles. The minimum atomic E-state index is -0.449. The molecule has 1 N–H and O–H groups in total. The summed E-state index contributed by atoms with van der Waals surface area (Å²) in [6, 6.07) is 12.1. The van der Waals surface area contributed by atoms with Gasteiger partial charge in [-0.05, 0) is 43.7 Å². The number of hydrogen-bond donors (Lipinski definition) is 1. The highest BCUT2D eigenvalue weighted by molar-refractivity contribution is 7.99. The molecule has 0 saturated heterocycles. The van der Waals surface area contributed by atoms with Crippen molar-refractivity contribution in [3.05, 3.63) is 53.7 Å². The minimum absolute atomic E-state index is 0.449. The van der Waals surface area contributed by atoms with Crippen LogP contribution in [0.3, 0.4) is 0 Å². The Balaban J connectivity index is 2.18. The highest BCUT2D eigenvalue weighted by Gasteiger charge is 2.04. The maximum absolute atomic E-state index is 9.51. The summed E-state index contributed by atoms with van der Waals surface area (Å²) in [7, 11) is 0. The van der Waals surface area contributed by atoms with Gasteiger partial charge in [0.25, 0.3) is 0 Å². The molecular weight excluding hydrogens is 230 g/mol. The number of benzene rings is 1. The standard InChI is InChI=1S/C14H15NOS/c1-10-3-5-13(6-4-10)17-14-9-12(11(2)16)7-8-15-14/h3-9,11,16H,1-2H3/t11-/m0/s1. The van der Waals surface area contributed by atoms with Crippen molar-refractivity contribution in [2.75, 3.05) is 0 Å². The molecule has 1 atom stereocenters. The van der Waals surface area contributed by atoms with Crippen LogP contribution in [0.1, 0.15) is 24.2 Å². The first-order valence-electron chi connectivity index (χ1n) is 5.54. The summed E-state index contributed by atoms with van der Waals surface area (Å²) < 4.78 is 0. The van der Waals surface area contributed by atoms with Crippen LogP contribution in [-0.2, 0) is 0 Å². The molecule has 2 aromatic rings. The monoisotopic (exact) mass is 245 g/mol. The summed E-state index contributed by atoms with van der Waals surface area (Å²) in [4.78, 5) is 5.45. The first-order valence-corrected chi connectivity index (χ1v) is 6.35. The zero-order chi connectivity index (χ0) is 12.3. The second-order valence-corrected chi connectivity index (χ2v) is 5.11.